The van der Waals surface area contributed by atoms with Crippen LogP contribution in [0.2, 0.25) is 0 Å². The van der Waals surface area contributed by atoms with Crippen LogP contribution in [0, 0.1) is 0 Å². The molecule has 4 aromatic rings. The number of rotatable bonds is 11. The lowest BCUT2D eigenvalue weighted by atomic mass is 10.1. The highest BCUT2D eigenvalue weighted by atomic mass is 16.7. The zero-order valence-electron chi connectivity index (χ0n) is 24.3. The summed E-state index contributed by atoms with van der Waals surface area (Å²) in [5, 5.41) is 0. The molecule has 2 aliphatic heterocycles. The molecular weight excluding hydrogens is 530 g/mol. The van der Waals surface area contributed by atoms with Crippen molar-refractivity contribution >= 4 is 5.69 Å². The highest BCUT2D eigenvalue weighted by Gasteiger charge is 2.24. The van der Waals surface area contributed by atoms with Gasteiger partial charge < -0.3 is 28.6 Å². The molecule has 0 radical (unpaired) electrons. The van der Waals surface area contributed by atoms with Gasteiger partial charge in [-0.2, -0.15) is 0 Å². The summed E-state index contributed by atoms with van der Waals surface area (Å²) in [5.74, 6) is 3.40. The standard InChI is InChI=1S/C34H37N3O5/c1-38-24-42-30-7-3-6-27(19-30)32-21-31(41-23-25-9-11-29(39-2)12-10-25)20-28(35-32)22-36-14-16-37(17-15-36)33-8-4-5-26-13-18-40-34(26)33/h3-12,19-21H,13-18,22-24H2,1-2H3. The topological polar surface area (TPSA) is 65.5 Å². The summed E-state index contributed by atoms with van der Waals surface area (Å²) >= 11 is 0. The van der Waals surface area contributed by atoms with Gasteiger partial charge in [-0.15, -0.1) is 0 Å². The lowest BCUT2D eigenvalue weighted by Gasteiger charge is -2.36. The number of nitrogens with zero attached hydrogens (tertiary/aromatic N) is 3. The van der Waals surface area contributed by atoms with Crippen molar-refractivity contribution in [2.75, 3.05) is 58.7 Å². The molecule has 218 valence electrons. The van der Waals surface area contributed by atoms with Crippen LogP contribution in [0.5, 0.6) is 23.0 Å². The van der Waals surface area contributed by atoms with Crippen LogP contribution in [0.4, 0.5) is 5.69 Å². The molecule has 1 fully saturated rings. The van der Waals surface area contributed by atoms with E-state index in [9.17, 15) is 0 Å². The zero-order valence-corrected chi connectivity index (χ0v) is 24.3. The van der Waals surface area contributed by atoms with Gasteiger partial charge in [-0.05, 0) is 41.5 Å². The molecule has 3 heterocycles. The van der Waals surface area contributed by atoms with Crippen molar-refractivity contribution in [2.45, 2.75) is 19.6 Å². The molecule has 8 nitrogen and oxygen atoms in total. The van der Waals surface area contributed by atoms with E-state index in [1.54, 1.807) is 14.2 Å². The second kappa shape index (κ2) is 13.1. The van der Waals surface area contributed by atoms with Crippen molar-refractivity contribution in [2.24, 2.45) is 0 Å². The summed E-state index contributed by atoms with van der Waals surface area (Å²) < 4.78 is 28.3. The molecule has 0 saturated carbocycles. The zero-order chi connectivity index (χ0) is 28.7. The van der Waals surface area contributed by atoms with Crippen LogP contribution < -0.4 is 23.8 Å². The van der Waals surface area contributed by atoms with Gasteiger partial charge in [0, 0.05) is 64.0 Å². The fraction of sp³-hybridized carbons (Fsp3) is 0.324. The van der Waals surface area contributed by atoms with E-state index in [-0.39, 0.29) is 6.79 Å². The first kappa shape index (κ1) is 27.9. The highest BCUT2D eigenvalue weighted by molar-refractivity contribution is 5.64. The summed E-state index contributed by atoms with van der Waals surface area (Å²) in [4.78, 5) is 9.96. The van der Waals surface area contributed by atoms with E-state index in [4.69, 9.17) is 28.7 Å². The van der Waals surface area contributed by atoms with Crippen LogP contribution in [0.15, 0.2) is 78.9 Å². The SMILES string of the molecule is COCOc1cccc(-c2cc(OCc3ccc(OC)cc3)cc(CN3CCN(c4cccc5c4OCC5)CC3)n2)c1. The van der Waals surface area contributed by atoms with E-state index in [1.165, 1.54) is 11.3 Å². The first-order valence-electron chi connectivity index (χ1n) is 14.4. The lowest BCUT2D eigenvalue weighted by molar-refractivity contribution is 0.0511. The second-order valence-electron chi connectivity index (χ2n) is 10.5. The Bertz CT molecular complexity index is 1490. The van der Waals surface area contributed by atoms with Gasteiger partial charge in [-0.3, -0.25) is 9.88 Å². The van der Waals surface area contributed by atoms with E-state index in [2.05, 4.69) is 34.1 Å². The van der Waals surface area contributed by atoms with Gasteiger partial charge in [0.15, 0.2) is 6.79 Å². The maximum Gasteiger partial charge on any atom is 0.188 e. The quantitative estimate of drug-likeness (QED) is 0.218. The lowest BCUT2D eigenvalue weighted by Crippen LogP contribution is -2.46. The fourth-order valence-electron chi connectivity index (χ4n) is 5.46. The summed E-state index contributed by atoms with van der Waals surface area (Å²) in [7, 11) is 3.28. The highest BCUT2D eigenvalue weighted by Crippen LogP contribution is 2.36. The maximum absolute atomic E-state index is 6.30. The minimum absolute atomic E-state index is 0.192. The Morgan fingerprint density at radius 2 is 1.64 bits per heavy atom. The molecule has 1 saturated heterocycles. The molecule has 0 N–H and O–H groups in total. The van der Waals surface area contributed by atoms with E-state index in [0.29, 0.717) is 6.61 Å². The van der Waals surface area contributed by atoms with Gasteiger partial charge in [0.1, 0.15) is 29.6 Å². The van der Waals surface area contributed by atoms with E-state index >= 15 is 0 Å². The number of pyridine rings is 1. The number of hydrogen-bond donors (Lipinski definition) is 0. The fourth-order valence-corrected chi connectivity index (χ4v) is 5.46. The Kier molecular flexibility index (Phi) is 8.72. The summed E-state index contributed by atoms with van der Waals surface area (Å²) in [6, 6.07) is 26.4. The molecule has 0 spiro atoms. The molecule has 6 rings (SSSR count). The maximum atomic E-state index is 6.30. The molecule has 0 atom stereocenters. The monoisotopic (exact) mass is 567 g/mol. The molecule has 0 bridgehead atoms. The van der Waals surface area contributed by atoms with Gasteiger partial charge in [0.25, 0.3) is 0 Å². The van der Waals surface area contributed by atoms with Gasteiger partial charge in [-0.25, -0.2) is 0 Å². The Hall–Kier alpha value is -4.27. The molecular formula is C34H37N3O5. The predicted molar refractivity (Wildman–Crippen MR) is 163 cm³/mol. The summed E-state index contributed by atoms with van der Waals surface area (Å²) in [6.07, 6.45) is 0.995. The van der Waals surface area contributed by atoms with Crippen LogP contribution >= 0.6 is 0 Å². The average Bonchev–Trinajstić information content (AvgIpc) is 3.53. The van der Waals surface area contributed by atoms with Crippen molar-refractivity contribution in [3.8, 4) is 34.3 Å². The Balaban J connectivity index is 1.19. The van der Waals surface area contributed by atoms with Gasteiger partial charge in [0.05, 0.1) is 30.8 Å². The molecule has 2 aliphatic rings. The van der Waals surface area contributed by atoms with Gasteiger partial charge >= 0.3 is 0 Å². The van der Waals surface area contributed by atoms with E-state index in [1.807, 2.05) is 54.6 Å². The minimum Gasteiger partial charge on any atom is -0.497 e. The van der Waals surface area contributed by atoms with Crippen LogP contribution in [0.1, 0.15) is 16.8 Å². The number of aromatic nitrogens is 1. The number of methoxy groups -OCH3 is 2. The summed E-state index contributed by atoms with van der Waals surface area (Å²) in [5.41, 5.74) is 6.37. The Labute approximate surface area is 247 Å². The van der Waals surface area contributed by atoms with Crippen molar-refractivity contribution in [3.05, 3.63) is 95.7 Å². The Morgan fingerprint density at radius 1 is 0.810 bits per heavy atom. The molecule has 0 amide bonds. The van der Waals surface area contributed by atoms with Crippen LogP contribution in [0.3, 0.4) is 0 Å². The van der Waals surface area contributed by atoms with Gasteiger partial charge in [-0.1, -0.05) is 36.4 Å². The number of anilines is 1. The minimum atomic E-state index is 0.192. The smallest absolute Gasteiger partial charge is 0.188 e. The first-order chi connectivity index (χ1) is 20.7. The van der Waals surface area contributed by atoms with Crippen molar-refractivity contribution in [1.82, 2.24) is 9.88 Å². The van der Waals surface area contributed by atoms with E-state index < -0.39 is 0 Å². The van der Waals surface area contributed by atoms with Crippen molar-refractivity contribution in [3.63, 3.8) is 0 Å². The third-order valence-corrected chi connectivity index (χ3v) is 7.68. The van der Waals surface area contributed by atoms with Crippen LogP contribution in [0.25, 0.3) is 11.3 Å². The number of para-hydroxylation sites is 1. The Morgan fingerprint density at radius 3 is 2.45 bits per heavy atom. The number of fused-ring (bicyclic) bond motifs is 1. The third-order valence-electron chi connectivity index (χ3n) is 7.68. The normalized spacial score (nSPS) is 14.8. The molecule has 3 aromatic carbocycles. The number of ether oxygens (including phenoxy) is 5. The van der Waals surface area contributed by atoms with Crippen LogP contribution in [-0.4, -0.2) is 63.7 Å². The second-order valence-corrected chi connectivity index (χ2v) is 10.5. The van der Waals surface area contributed by atoms with Crippen molar-refractivity contribution in [1.29, 1.82) is 0 Å². The predicted octanol–water partition coefficient (Wildman–Crippen LogP) is 5.58. The van der Waals surface area contributed by atoms with Gasteiger partial charge in [0.2, 0.25) is 0 Å². The molecule has 0 unspecified atom stereocenters. The average molecular weight is 568 g/mol. The molecule has 42 heavy (non-hydrogen) atoms. The van der Waals surface area contributed by atoms with Crippen LogP contribution in [-0.2, 0) is 24.3 Å². The van der Waals surface area contributed by atoms with E-state index in [0.717, 1.165) is 91.3 Å². The third kappa shape index (κ3) is 6.61. The first-order valence-corrected chi connectivity index (χ1v) is 14.4. The summed E-state index contributed by atoms with van der Waals surface area (Å²) in [6.45, 7) is 5.93. The molecule has 8 heteroatoms. The number of benzene rings is 3. The number of hydrogen-bond acceptors (Lipinski definition) is 8. The largest absolute Gasteiger partial charge is 0.497 e. The van der Waals surface area contributed by atoms with Crippen molar-refractivity contribution < 1.29 is 23.7 Å². The number of piperazine rings is 1. The molecule has 0 aliphatic carbocycles. The molecule has 1 aromatic heterocycles.